The normalized spacial score (nSPS) is 29.4. The molecule has 0 aromatic heterocycles. The van der Waals surface area contributed by atoms with Crippen LogP contribution in [0.2, 0.25) is 0 Å². The Morgan fingerprint density at radius 3 is 2.29 bits per heavy atom. The number of carbonyl (C=O) groups is 3. The Kier molecular flexibility index (Phi) is 10.3. The second kappa shape index (κ2) is 13.2. The molecule has 0 spiro atoms. The van der Waals surface area contributed by atoms with E-state index in [2.05, 4.69) is 4.90 Å². The van der Waals surface area contributed by atoms with Crippen LogP contribution < -0.4 is 0 Å². The molecule has 1 aromatic carbocycles. The average Bonchev–Trinajstić information content (AvgIpc) is 2.84. The minimum absolute atomic E-state index is 0.139. The van der Waals surface area contributed by atoms with Crippen LogP contribution in [0.25, 0.3) is 6.08 Å². The van der Waals surface area contributed by atoms with Crippen molar-refractivity contribution in [1.29, 1.82) is 0 Å². The highest BCUT2D eigenvalue weighted by Gasteiger charge is 2.33. The molecule has 1 amide bonds. The van der Waals surface area contributed by atoms with Crippen molar-refractivity contribution >= 4 is 23.7 Å². The lowest BCUT2D eigenvalue weighted by Crippen LogP contribution is -2.48. The maximum absolute atomic E-state index is 13.7. The molecule has 2 aliphatic rings. The molecule has 1 N–H and O–H groups in total. The topological polar surface area (TPSA) is 87.2 Å². The van der Waals surface area contributed by atoms with Gasteiger partial charge in [0, 0.05) is 38.7 Å². The molecule has 208 valence electrons. The fourth-order valence-corrected chi connectivity index (χ4v) is 5.00. The van der Waals surface area contributed by atoms with Crippen LogP contribution >= 0.6 is 0 Å². The van der Waals surface area contributed by atoms with Gasteiger partial charge in [-0.25, -0.2) is 13.6 Å². The van der Waals surface area contributed by atoms with Crippen molar-refractivity contribution in [2.24, 2.45) is 17.8 Å². The Labute approximate surface area is 223 Å². The maximum Gasteiger partial charge on any atom is 0.410 e. The van der Waals surface area contributed by atoms with Crippen LogP contribution in [0.15, 0.2) is 35.9 Å². The lowest BCUT2D eigenvalue weighted by atomic mass is 9.80. The van der Waals surface area contributed by atoms with Crippen molar-refractivity contribution in [1.82, 2.24) is 9.80 Å². The van der Waals surface area contributed by atoms with Gasteiger partial charge in [-0.05, 0) is 62.4 Å². The zero-order valence-corrected chi connectivity index (χ0v) is 22.5. The summed E-state index contributed by atoms with van der Waals surface area (Å²) < 4.78 is 33.4. The van der Waals surface area contributed by atoms with E-state index < -0.39 is 53.3 Å². The third kappa shape index (κ3) is 8.04. The van der Waals surface area contributed by atoms with Crippen LogP contribution in [-0.2, 0) is 14.3 Å². The molecule has 0 unspecified atom stereocenters. The number of ketones is 2. The first-order valence-electron chi connectivity index (χ1n) is 13.2. The largest absolute Gasteiger partial charge is 0.442 e. The van der Waals surface area contributed by atoms with Crippen LogP contribution in [0.1, 0.15) is 45.6 Å². The summed E-state index contributed by atoms with van der Waals surface area (Å²) in [4.78, 5) is 42.8. The molecule has 0 radical (unpaired) electrons. The van der Waals surface area contributed by atoms with Gasteiger partial charge in [-0.3, -0.25) is 9.59 Å². The van der Waals surface area contributed by atoms with Gasteiger partial charge in [-0.1, -0.05) is 31.6 Å². The van der Waals surface area contributed by atoms with Crippen LogP contribution in [0.3, 0.4) is 0 Å². The van der Waals surface area contributed by atoms with Gasteiger partial charge in [0.05, 0.1) is 12.0 Å². The van der Waals surface area contributed by atoms with Crippen LogP contribution in [0, 0.1) is 29.4 Å². The number of aliphatic hydroxyl groups excluding tert-OH is 1. The van der Waals surface area contributed by atoms with Crippen LogP contribution in [0.4, 0.5) is 13.6 Å². The number of ether oxygens (including phenoxy) is 1. The van der Waals surface area contributed by atoms with Gasteiger partial charge >= 0.3 is 6.09 Å². The van der Waals surface area contributed by atoms with Gasteiger partial charge in [-0.2, -0.15) is 0 Å². The molecule has 1 fully saturated rings. The molecule has 7 nitrogen and oxygen atoms in total. The van der Waals surface area contributed by atoms with E-state index in [1.165, 1.54) is 6.08 Å². The summed E-state index contributed by atoms with van der Waals surface area (Å²) in [5, 5.41) is 10.5. The Morgan fingerprint density at radius 2 is 1.66 bits per heavy atom. The Bertz CT molecular complexity index is 1060. The SMILES string of the molecule is C/C(=C\c1cc(F)cc(F)c1)[C@H]1C(=O)C(=O)C[C@H](O)CC[C@H](C)[C@@H](OC(=O)N2CCN(C)CC2)/C=C/[C@@H]1C. The number of benzene rings is 1. The van der Waals surface area contributed by atoms with Gasteiger partial charge in [0.25, 0.3) is 0 Å². The fourth-order valence-electron chi connectivity index (χ4n) is 5.00. The minimum atomic E-state index is -1.01. The molecular weight excluding hydrogens is 494 g/mol. The molecule has 0 saturated carbocycles. The molecule has 1 aliphatic heterocycles. The number of likely N-dealkylation sites (N-methyl/N-ethyl adjacent to an activating group) is 1. The number of carbonyl (C=O) groups excluding carboxylic acids is 3. The Hall–Kier alpha value is -2.91. The number of amides is 1. The summed E-state index contributed by atoms with van der Waals surface area (Å²) in [5.41, 5.74) is 0.686. The number of allylic oxidation sites excluding steroid dienone is 2. The average molecular weight is 533 g/mol. The summed E-state index contributed by atoms with van der Waals surface area (Å²) in [5.74, 6) is -4.41. The summed E-state index contributed by atoms with van der Waals surface area (Å²) in [6, 6.07) is 3.05. The minimum Gasteiger partial charge on any atom is -0.442 e. The van der Waals surface area contributed by atoms with E-state index in [0.29, 0.717) is 25.1 Å². The standard InChI is InChI=1S/C29H38F2N2O5/c1-18-5-7-24(34)17-25(35)28(36)27(20(3)13-21-14-22(30)16-23(31)15-21)19(2)6-8-26(18)38-29(37)33-11-9-32(4)10-12-33/h6,8,13-16,18-19,24,26-27,34H,5,7,9-12,17H2,1-4H3/b8-6+,20-13+/t18-,19-,24+,26-,27-/m0/s1. The zero-order chi connectivity index (χ0) is 28.0. The van der Waals surface area contributed by atoms with Gasteiger partial charge < -0.3 is 19.6 Å². The van der Waals surface area contributed by atoms with Crippen molar-refractivity contribution in [2.75, 3.05) is 33.2 Å². The first kappa shape index (κ1) is 29.6. The molecule has 1 aliphatic carbocycles. The molecule has 9 heteroatoms. The number of hydrogen-bond donors (Lipinski definition) is 1. The summed E-state index contributed by atoms with van der Waals surface area (Å²) in [6.45, 7) is 7.97. The number of Topliss-reactive ketones (excluding diaryl/α,β-unsaturated/α-hetero) is 2. The second-order valence-electron chi connectivity index (χ2n) is 10.7. The van der Waals surface area contributed by atoms with Crippen molar-refractivity contribution in [3.63, 3.8) is 0 Å². The van der Waals surface area contributed by atoms with Gasteiger partial charge in [0.15, 0.2) is 0 Å². The summed E-state index contributed by atoms with van der Waals surface area (Å²) in [6.07, 6.45) is 3.44. The number of piperazine rings is 1. The molecule has 0 bridgehead atoms. The lowest BCUT2D eigenvalue weighted by Gasteiger charge is -2.33. The van der Waals surface area contributed by atoms with E-state index in [1.54, 1.807) is 30.9 Å². The van der Waals surface area contributed by atoms with E-state index in [4.69, 9.17) is 4.74 Å². The number of rotatable bonds is 3. The second-order valence-corrected chi connectivity index (χ2v) is 10.7. The fraction of sp³-hybridized carbons (Fsp3) is 0.552. The smallest absolute Gasteiger partial charge is 0.410 e. The molecule has 38 heavy (non-hydrogen) atoms. The zero-order valence-electron chi connectivity index (χ0n) is 22.5. The first-order chi connectivity index (χ1) is 17.9. The monoisotopic (exact) mass is 532 g/mol. The van der Waals surface area contributed by atoms with E-state index in [0.717, 1.165) is 31.3 Å². The molecular formula is C29H38F2N2O5. The molecule has 1 aromatic rings. The van der Waals surface area contributed by atoms with E-state index in [9.17, 15) is 28.3 Å². The number of hydrogen-bond acceptors (Lipinski definition) is 6. The lowest BCUT2D eigenvalue weighted by molar-refractivity contribution is -0.140. The van der Waals surface area contributed by atoms with Crippen molar-refractivity contribution < 1.29 is 33.0 Å². The van der Waals surface area contributed by atoms with E-state index in [-0.39, 0.29) is 24.3 Å². The summed E-state index contributed by atoms with van der Waals surface area (Å²) >= 11 is 0. The van der Waals surface area contributed by atoms with Crippen LogP contribution in [0.5, 0.6) is 0 Å². The predicted molar refractivity (Wildman–Crippen MR) is 140 cm³/mol. The van der Waals surface area contributed by atoms with E-state index in [1.807, 2.05) is 14.0 Å². The highest BCUT2D eigenvalue weighted by Crippen LogP contribution is 2.29. The third-order valence-electron chi connectivity index (χ3n) is 7.39. The van der Waals surface area contributed by atoms with E-state index >= 15 is 0 Å². The van der Waals surface area contributed by atoms with Crippen molar-refractivity contribution in [2.45, 2.75) is 52.2 Å². The quantitative estimate of drug-likeness (QED) is 0.463. The highest BCUT2D eigenvalue weighted by molar-refractivity contribution is 6.38. The first-order valence-corrected chi connectivity index (χ1v) is 13.2. The Balaban J connectivity index is 1.90. The predicted octanol–water partition coefficient (Wildman–Crippen LogP) is 4.25. The molecule has 5 atom stereocenters. The number of aliphatic hydroxyl groups is 1. The van der Waals surface area contributed by atoms with Gasteiger partial charge in [0.1, 0.15) is 17.7 Å². The number of halogens is 2. The highest BCUT2D eigenvalue weighted by atomic mass is 19.1. The van der Waals surface area contributed by atoms with Gasteiger partial charge in [-0.15, -0.1) is 0 Å². The van der Waals surface area contributed by atoms with Gasteiger partial charge in [0.2, 0.25) is 11.6 Å². The molecule has 1 saturated heterocycles. The number of nitrogens with zero attached hydrogens (tertiary/aromatic N) is 2. The summed E-state index contributed by atoms with van der Waals surface area (Å²) in [7, 11) is 2.00. The maximum atomic E-state index is 13.7. The molecule has 3 rings (SSSR count). The van der Waals surface area contributed by atoms with Crippen molar-refractivity contribution in [3.05, 3.63) is 53.1 Å². The molecule has 1 heterocycles. The van der Waals surface area contributed by atoms with Crippen LogP contribution in [-0.4, -0.2) is 78.0 Å². The third-order valence-corrected chi connectivity index (χ3v) is 7.39. The van der Waals surface area contributed by atoms with Crippen molar-refractivity contribution in [3.8, 4) is 0 Å². The Morgan fingerprint density at radius 1 is 1.03 bits per heavy atom.